The lowest BCUT2D eigenvalue weighted by Crippen LogP contribution is -2.42. The highest BCUT2D eigenvalue weighted by Crippen LogP contribution is 2.07. The second-order valence-corrected chi connectivity index (χ2v) is 5.70. The first kappa shape index (κ1) is 19.7. The molecule has 120 valence electrons. The van der Waals surface area contributed by atoms with Crippen molar-refractivity contribution in [1.82, 2.24) is 10.2 Å². The third-order valence-corrected chi connectivity index (χ3v) is 3.33. The number of nitrogens with zero attached hydrogens (tertiary/aromatic N) is 1. The number of hydrogen-bond acceptors (Lipinski definition) is 3. The summed E-state index contributed by atoms with van der Waals surface area (Å²) < 4.78 is 0. The van der Waals surface area contributed by atoms with Crippen molar-refractivity contribution >= 4 is 24.0 Å². The molecule has 0 saturated heterocycles. The summed E-state index contributed by atoms with van der Waals surface area (Å²) >= 11 is 0. The molecule has 0 aliphatic heterocycles. The minimum absolute atomic E-state index is 0. The van der Waals surface area contributed by atoms with E-state index in [4.69, 9.17) is 5.73 Å². The van der Waals surface area contributed by atoms with Crippen molar-refractivity contribution in [1.29, 1.82) is 0 Å². The second kappa shape index (κ2) is 9.64. The van der Waals surface area contributed by atoms with Gasteiger partial charge in [0.2, 0.25) is 5.91 Å². The van der Waals surface area contributed by atoms with E-state index in [1.54, 1.807) is 0 Å². The van der Waals surface area contributed by atoms with E-state index >= 15 is 0 Å². The number of anilines is 1. The summed E-state index contributed by atoms with van der Waals surface area (Å²) in [5.41, 5.74) is 7.35. The Bertz CT molecular complexity index is 427. The van der Waals surface area contributed by atoms with Crippen molar-refractivity contribution in [2.24, 2.45) is 0 Å². The number of nitrogen functional groups attached to an aromatic ring is 1. The Labute approximate surface area is 134 Å². The van der Waals surface area contributed by atoms with E-state index in [1.165, 1.54) is 0 Å². The average Bonchev–Trinajstić information content (AvgIpc) is 2.33. The maximum absolute atomic E-state index is 11.9. The number of carbonyl (C=O) groups excluding carboxylic acids is 1. The molecule has 0 saturated carbocycles. The number of rotatable bonds is 7. The van der Waals surface area contributed by atoms with Crippen LogP contribution in [0.1, 0.15) is 33.3 Å². The first-order valence-electron chi connectivity index (χ1n) is 7.27. The monoisotopic (exact) mass is 313 g/mol. The Hall–Kier alpha value is -1.26. The molecule has 1 amide bonds. The van der Waals surface area contributed by atoms with Crippen molar-refractivity contribution < 1.29 is 4.79 Å². The smallest absolute Gasteiger partial charge is 0.224 e. The number of carbonyl (C=O) groups is 1. The number of benzene rings is 1. The van der Waals surface area contributed by atoms with Gasteiger partial charge in [0, 0.05) is 30.9 Å². The lowest BCUT2D eigenvalue weighted by molar-refractivity contribution is -0.120. The van der Waals surface area contributed by atoms with E-state index in [1.807, 2.05) is 24.3 Å². The molecule has 0 unspecified atom stereocenters. The molecule has 0 heterocycles. The highest BCUT2D eigenvalue weighted by Gasteiger charge is 2.13. The van der Waals surface area contributed by atoms with Gasteiger partial charge in [0.25, 0.3) is 0 Å². The van der Waals surface area contributed by atoms with Crippen molar-refractivity contribution in [3.05, 3.63) is 29.8 Å². The van der Waals surface area contributed by atoms with Gasteiger partial charge in [-0.05, 0) is 45.4 Å². The zero-order chi connectivity index (χ0) is 15.1. The van der Waals surface area contributed by atoms with Gasteiger partial charge in [0.15, 0.2) is 0 Å². The average molecular weight is 314 g/mol. The highest BCUT2D eigenvalue weighted by molar-refractivity contribution is 5.85. The summed E-state index contributed by atoms with van der Waals surface area (Å²) in [7, 11) is 0. The van der Waals surface area contributed by atoms with Gasteiger partial charge < -0.3 is 11.1 Å². The third-order valence-electron chi connectivity index (χ3n) is 3.33. The van der Waals surface area contributed by atoms with Crippen molar-refractivity contribution in [3.8, 4) is 0 Å². The van der Waals surface area contributed by atoms with Gasteiger partial charge in [-0.25, -0.2) is 0 Å². The van der Waals surface area contributed by atoms with Crippen LogP contribution in [0.2, 0.25) is 0 Å². The highest BCUT2D eigenvalue weighted by atomic mass is 35.5. The van der Waals surface area contributed by atoms with Crippen molar-refractivity contribution in [2.45, 2.75) is 46.2 Å². The van der Waals surface area contributed by atoms with Gasteiger partial charge >= 0.3 is 0 Å². The molecule has 0 bridgehead atoms. The van der Waals surface area contributed by atoms with Crippen LogP contribution in [0.15, 0.2) is 24.3 Å². The number of amides is 1. The number of hydrogen-bond donors (Lipinski definition) is 2. The predicted molar refractivity (Wildman–Crippen MR) is 91.8 cm³/mol. The fraction of sp³-hybridized carbons (Fsp3) is 0.562. The molecule has 3 N–H and O–H groups in total. The summed E-state index contributed by atoms with van der Waals surface area (Å²) in [4.78, 5) is 14.2. The molecule has 0 atom stereocenters. The van der Waals surface area contributed by atoms with Gasteiger partial charge in [-0.1, -0.05) is 12.1 Å². The zero-order valence-electron chi connectivity index (χ0n) is 13.4. The molecule has 4 nitrogen and oxygen atoms in total. The number of nitrogens with one attached hydrogen (secondary N) is 1. The molecule has 0 spiro atoms. The third kappa shape index (κ3) is 7.34. The summed E-state index contributed by atoms with van der Waals surface area (Å²) in [6.45, 7) is 10.3. The Morgan fingerprint density at radius 1 is 1.24 bits per heavy atom. The van der Waals surface area contributed by atoms with E-state index in [-0.39, 0.29) is 18.3 Å². The van der Waals surface area contributed by atoms with Crippen LogP contribution in [0, 0.1) is 0 Å². The quantitative estimate of drug-likeness (QED) is 0.760. The summed E-state index contributed by atoms with van der Waals surface area (Å²) in [5.74, 6) is 0.0445. The molecule has 0 aliphatic carbocycles. The largest absolute Gasteiger partial charge is 0.399 e. The summed E-state index contributed by atoms with van der Waals surface area (Å²) in [5, 5.41) is 2.97. The lowest BCUT2D eigenvalue weighted by atomic mass is 10.1. The summed E-state index contributed by atoms with van der Waals surface area (Å²) in [6.07, 6.45) is 0.383. The summed E-state index contributed by atoms with van der Waals surface area (Å²) in [6, 6.07) is 8.43. The van der Waals surface area contributed by atoms with Crippen LogP contribution < -0.4 is 11.1 Å². The number of halogens is 1. The minimum Gasteiger partial charge on any atom is -0.399 e. The molecule has 1 rings (SSSR count). The minimum atomic E-state index is 0. The van der Waals surface area contributed by atoms with Gasteiger partial charge in [0.1, 0.15) is 0 Å². The number of nitrogens with two attached hydrogens (primary N) is 1. The molecule has 5 heteroatoms. The van der Waals surface area contributed by atoms with Crippen LogP contribution >= 0.6 is 12.4 Å². The van der Waals surface area contributed by atoms with Gasteiger partial charge in [-0.15, -0.1) is 12.4 Å². The lowest BCUT2D eigenvalue weighted by Gasteiger charge is -2.30. The maximum atomic E-state index is 11.9. The van der Waals surface area contributed by atoms with E-state index in [0.717, 1.165) is 12.1 Å². The van der Waals surface area contributed by atoms with Crippen LogP contribution in [-0.2, 0) is 11.2 Å². The molecule has 0 fully saturated rings. The van der Waals surface area contributed by atoms with Gasteiger partial charge in [-0.2, -0.15) is 0 Å². The molecule has 0 radical (unpaired) electrons. The Morgan fingerprint density at radius 3 is 2.38 bits per heavy atom. The van der Waals surface area contributed by atoms with Crippen LogP contribution in [0.3, 0.4) is 0 Å². The first-order valence-corrected chi connectivity index (χ1v) is 7.27. The Balaban J connectivity index is 0.00000400. The normalized spacial score (nSPS) is 10.8. The fourth-order valence-electron chi connectivity index (χ4n) is 2.39. The van der Waals surface area contributed by atoms with Gasteiger partial charge in [0.05, 0.1) is 6.42 Å². The predicted octanol–water partition coefficient (Wildman–Crippen LogP) is 2.47. The van der Waals surface area contributed by atoms with Crippen LogP contribution in [0.25, 0.3) is 0 Å². The van der Waals surface area contributed by atoms with E-state index in [2.05, 4.69) is 37.9 Å². The van der Waals surface area contributed by atoms with Crippen LogP contribution in [-0.4, -0.2) is 36.0 Å². The first-order chi connectivity index (χ1) is 9.40. The van der Waals surface area contributed by atoms with Crippen LogP contribution in [0.5, 0.6) is 0 Å². The Morgan fingerprint density at radius 2 is 1.86 bits per heavy atom. The molecule has 0 aliphatic rings. The van der Waals surface area contributed by atoms with Crippen molar-refractivity contribution in [2.75, 3.05) is 18.8 Å². The van der Waals surface area contributed by atoms with E-state index in [9.17, 15) is 4.79 Å². The maximum Gasteiger partial charge on any atom is 0.224 e. The Kier molecular flexibility index (Phi) is 9.06. The second-order valence-electron chi connectivity index (χ2n) is 5.70. The van der Waals surface area contributed by atoms with E-state index < -0.39 is 0 Å². The molecule has 1 aromatic rings. The van der Waals surface area contributed by atoms with Crippen molar-refractivity contribution in [3.63, 3.8) is 0 Å². The van der Waals surface area contributed by atoms with Gasteiger partial charge in [-0.3, -0.25) is 9.69 Å². The van der Waals surface area contributed by atoms with Crippen LogP contribution in [0.4, 0.5) is 5.69 Å². The fourth-order valence-corrected chi connectivity index (χ4v) is 2.39. The molecule has 0 aromatic heterocycles. The molecule has 1 aromatic carbocycles. The zero-order valence-corrected chi connectivity index (χ0v) is 14.2. The molecule has 21 heavy (non-hydrogen) atoms. The topological polar surface area (TPSA) is 58.4 Å². The SMILES string of the molecule is CC(C)N(CCNC(=O)Cc1cccc(N)c1)C(C)C.Cl. The molecular formula is C16H28ClN3O. The standard InChI is InChI=1S/C16H27N3O.ClH/c1-12(2)19(13(3)4)9-8-18-16(20)11-14-6-5-7-15(17)10-14;/h5-7,10,12-13H,8-9,11,17H2,1-4H3,(H,18,20);1H. The van der Waals surface area contributed by atoms with E-state index in [0.29, 0.717) is 30.7 Å². The molecular weight excluding hydrogens is 286 g/mol.